The Morgan fingerprint density at radius 2 is 2.14 bits per heavy atom. The molecule has 0 spiro atoms. The predicted molar refractivity (Wildman–Crippen MR) is 143 cm³/mol. The number of carbonyl (C=O) groups excluding carboxylic acids is 1. The number of thiophene rings is 1. The number of non-ortho nitro benzene ring substituents is 1. The average molecular weight is 600 g/mol. The number of hydrogen-bond acceptors (Lipinski definition) is 9. The third-order valence-corrected chi connectivity index (χ3v) is 8.22. The van der Waals surface area contributed by atoms with Crippen LogP contribution >= 0.6 is 38.6 Å². The van der Waals surface area contributed by atoms with Gasteiger partial charge in [0, 0.05) is 33.1 Å². The Balaban J connectivity index is 1.59. The van der Waals surface area contributed by atoms with E-state index in [0.717, 1.165) is 4.88 Å². The summed E-state index contributed by atoms with van der Waals surface area (Å²) in [5, 5.41) is 12.9. The molecule has 37 heavy (non-hydrogen) atoms. The number of benzene rings is 1. The van der Waals surface area contributed by atoms with Gasteiger partial charge in [-0.1, -0.05) is 17.4 Å². The largest absolute Gasteiger partial charge is 0.463 e. The van der Waals surface area contributed by atoms with Gasteiger partial charge in [-0.2, -0.15) is 0 Å². The number of aromatic nitrogens is 1. The fourth-order valence-electron chi connectivity index (χ4n) is 4.03. The zero-order valence-electron chi connectivity index (χ0n) is 19.5. The van der Waals surface area contributed by atoms with Crippen molar-refractivity contribution in [1.82, 2.24) is 4.57 Å². The number of ether oxygens (including phenoxy) is 1. The van der Waals surface area contributed by atoms with Crippen molar-refractivity contribution in [2.45, 2.75) is 19.9 Å². The second-order valence-electron chi connectivity index (χ2n) is 7.94. The Hall–Kier alpha value is -3.61. The summed E-state index contributed by atoms with van der Waals surface area (Å²) in [6, 6.07) is 11.0. The van der Waals surface area contributed by atoms with E-state index in [1.807, 2.05) is 17.5 Å². The van der Waals surface area contributed by atoms with Crippen molar-refractivity contribution in [2.24, 2.45) is 4.99 Å². The topological polar surface area (TPSA) is 117 Å². The standard InChI is InChI=1S/C25H18BrN3O6S2/c1-3-34-24(31)21-13(2)27-25-28(22(21)19-5-4-10-36-19)23(30)20(37-25)12-15-7-9-18(35-15)16-8-6-14(29(32)33)11-17(16)26/h4-12,22H,3H2,1-2H3. The van der Waals surface area contributed by atoms with Gasteiger partial charge in [-0.25, -0.2) is 9.79 Å². The lowest BCUT2D eigenvalue weighted by Gasteiger charge is -2.23. The van der Waals surface area contributed by atoms with Crippen LogP contribution in [0.4, 0.5) is 5.69 Å². The van der Waals surface area contributed by atoms with E-state index >= 15 is 0 Å². The van der Waals surface area contributed by atoms with Gasteiger partial charge >= 0.3 is 5.97 Å². The first kappa shape index (κ1) is 25.1. The molecule has 4 heterocycles. The highest BCUT2D eigenvalue weighted by Crippen LogP contribution is 2.34. The highest BCUT2D eigenvalue weighted by molar-refractivity contribution is 9.10. The number of thiazole rings is 1. The van der Waals surface area contributed by atoms with Crippen molar-refractivity contribution < 1.29 is 18.9 Å². The minimum atomic E-state index is -0.638. The number of nitro groups is 1. The number of nitro benzene ring substituents is 1. The molecule has 0 aliphatic carbocycles. The van der Waals surface area contributed by atoms with Crippen LogP contribution < -0.4 is 14.9 Å². The zero-order chi connectivity index (χ0) is 26.3. The quantitative estimate of drug-likeness (QED) is 0.179. The van der Waals surface area contributed by atoms with Gasteiger partial charge in [-0.3, -0.25) is 19.5 Å². The lowest BCUT2D eigenvalue weighted by atomic mass is 10.0. The SMILES string of the molecule is CCOC(=O)C1=C(C)N=c2sc(=Cc3ccc(-c4ccc([N+](=O)[O-])cc4Br)o3)c(=O)n2C1c1cccs1. The van der Waals surface area contributed by atoms with E-state index in [1.165, 1.54) is 39.4 Å². The average Bonchev–Trinajstić information content (AvgIpc) is 3.60. The van der Waals surface area contributed by atoms with Crippen molar-refractivity contribution in [3.8, 4) is 11.3 Å². The smallest absolute Gasteiger partial charge is 0.338 e. The molecule has 4 aromatic rings. The van der Waals surface area contributed by atoms with E-state index in [1.54, 1.807) is 38.1 Å². The second-order valence-corrected chi connectivity index (χ2v) is 10.8. The molecule has 1 aliphatic rings. The maximum Gasteiger partial charge on any atom is 0.338 e. The summed E-state index contributed by atoms with van der Waals surface area (Å²) in [5.41, 5.74) is 1.14. The van der Waals surface area contributed by atoms with Crippen molar-refractivity contribution in [1.29, 1.82) is 0 Å². The molecule has 0 bridgehead atoms. The van der Waals surface area contributed by atoms with Gasteiger partial charge in [0.15, 0.2) is 4.80 Å². The van der Waals surface area contributed by atoms with Crippen molar-refractivity contribution >= 4 is 56.3 Å². The second kappa shape index (κ2) is 10.0. The summed E-state index contributed by atoms with van der Waals surface area (Å²) >= 11 is 6.01. The van der Waals surface area contributed by atoms with Crippen molar-refractivity contribution in [3.63, 3.8) is 0 Å². The van der Waals surface area contributed by atoms with E-state index in [9.17, 15) is 19.7 Å². The summed E-state index contributed by atoms with van der Waals surface area (Å²) in [7, 11) is 0. The summed E-state index contributed by atoms with van der Waals surface area (Å²) in [6.45, 7) is 3.68. The molecule has 3 aromatic heterocycles. The van der Waals surface area contributed by atoms with Crippen molar-refractivity contribution in [2.75, 3.05) is 6.61 Å². The number of halogens is 1. The molecule has 1 aliphatic heterocycles. The van der Waals surface area contributed by atoms with Crippen LogP contribution in [-0.2, 0) is 9.53 Å². The van der Waals surface area contributed by atoms with E-state index in [2.05, 4.69) is 20.9 Å². The van der Waals surface area contributed by atoms with Gasteiger partial charge in [-0.05, 0) is 59.4 Å². The molecule has 5 rings (SSSR count). The van der Waals surface area contributed by atoms with E-state index in [4.69, 9.17) is 9.15 Å². The van der Waals surface area contributed by atoms with Gasteiger partial charge in [0.05, 0.1) is 27.3 Å². The van der Waals surface area contributed by atoms with Crippen molar-refractivity contribution in [3.05, 3.63) is 104 Å². The van der Waals surface area contributed by atoms with Gasteiger partial charge in [-0.15, -0.1) is 11.3 Å². The number of furan rings is 1. The van der Waals surface area contributed by atoms with E-state index in [-0.39, 0.29) is 17.9 Å². The number of esters is 1. The number of fused-ring (bicyclic) bond motifs is 1. The lowest BCUT2D eigenvalue weighted by molar-refractivity contribution is -0.384. The van der Waals surface area contributed by atoms with Crippen LogP contribution in [0, 0.1) is 10.1 Å². The first-order valence-corrected chi connectivity index (χ1v) is 13.5. The Bertz CT molecular complexity index is 1750. The third kappa shape index (κ3) is 4.63. The number of rotatable bonds is 6. The first-order chi connectivity index (χ1) is 17.8. The molecule has 1 unspecified atom stereocenters. The minimum Gasteiger partial charge on any atom is -0.463 e. The van der Waals surface area contributed by atoms with Crippen LogP contribution in [0.3, 0.4) is 0 Å². The first-order valence-electron chi connectivity index (χ1n) is 11.1. The van der Waals surface area contributed by atoms with Gasteiger partial charge in [0.25, 0.3) is 11.2 Å². The number of allylic oxidation sites excluding steroid dienone is 1. The number of carbonyl (C=O) groups is 1. The molecule has 1 aromatic carbocycles. The molecule has 0 amide bonds. The Labute approximate surface area is 225 Å². The van der Waals surface area contributed by atoms with Crippen LogP contribution in [0.15, 0.2) is 77.8 Å². The molecule has 0 radical (unpaired) electrons. The summed E-state index contributed by atoms with van der Waals surface area (Å²) in [4.78, 5) is 42.8. The molecule has 0 N–H and O–H groups in total. The summed E-state index contributed by atoms with van der Waals surface area (Å²) in [6.07, 6.45) is 1.63. The van der Waals surface area contributed by atoms with Gasteiger partial charge in [0.2, 0.25) is 0 Å². The minimum absolute atomic E-state index is 0.0405. The molecule has 188 valence electrons. The van der Waals surface area contributed by atoms with Gasteiger partial charge < -0.3 is 9.15 Å². The van der Waals surface area contributed by atoms with E-state index in [0.29, 0.717) is 42.2 Å². The maximum atomic E-state index is 13.6. The van der Waals surface area contributed by atoms with Crippen LogP contribution in [0.1, 0.15) is 30.5 Å². The zero-order valence-corrected chi connectivity index (χ0v) is 22.7. The van der Waals surface area contributed by atoms with Crippen LogP contribution in [-0.4, -0.2) is 22.1 Å². The molecule has 9 nitrogen and oxygen atoms in total. The maximum absolute atomic E-state index is 13.6. The molecule has 0 saturated carbocycles. The molecular formula is C25H18BrN3O6S2. The molecule has 0 fully saturated rings. The Morgan fingerprint density at radius 1 is 1.32 bits per heavy atom. The monoisotopic (exact) mass is 599 g/mol. The van der Waals surface area contributed by atoms with Gasteiger partial charge in [0.1, 0.15) is 17.6 Å². The third-order valence-electron chi connectivity index (χ3n) is 5.66. The van der Waals surface area contributed by atoms with E-state index < -0.39 is 16.9 Å². The molecular weight excluding hydrogens is 582 g/mol. The highest BCUT2D eigenvalue weighted by atomic mass is 79.9. The normalized spacial score (nSPS) is 15.4. The predicted octanol–water partition coefficient (Wildman–Crippen LogP) is 4.79. The van der Waals surface area contributed by atoms with Crippen LogP contribution in [0.2, 0.25) is 0 Å². The fraction of sp³-hybridized carbons (Fsp3) is 0.160. The Morgan fingerprint density at radius 3 is 2.81 bits per heavy atom. The summed E-state index contributed by atoms with van der Waals surface area (Å²) < 4.78 is 13.7. The number of nitrogens with zero attached hydrogens (tertiary/aromatic N) is 3. The molecule has 12 heteroatoms. The Kier molecular flexibility index (Phi) is 6.80. The molecule has 0 saturated heterocycles. The summed E-state index contributed by atoms with van der Waals surface area (Å²) in [5.74, 6) is 0.415. The van der Waals surface area contributed by atoms with Crippen LogP contribution in [0.25, 0.3) is 17.4 Å². The fourth-order valence-corrected chi connectivity index (χ4v) is 6.44. The highest BCUT2D eigenvalue weighted by Gasteiger charge is 2.33. The number of hydrogen-bond donors (Lipinski definition) is 0. The molecule has 1 atom stereocenters. The lowest BCUT2D eigenvalue weighted by Crippen LogP contribution is -2.39. The van der Waals surface area contributed by atoms with Crippen LogP contribution in [0.5, 0.6) is 0 Å².